The maximum absolute atomic E-state index is 12.3. The molecule has 2 unspecified atom stereocenters. The molecule has 0 bridgehead atoms. The van der Waals surface area contributed by atoms with E-state index in [-0.39, 0.29) is 30.3 Å². The summed E-state index contributed by atoms with van der Waals surface area (Å²) in [5, 5.41) is 13.6. The summed E-state index contributed by atoms with van der Waals surface area (Å²) in [6.45, 7) is 0.797. The highest BCUT2D eigenvalue weighted by atomic mass is 79.9. The summed E-state index contributed by atoms with van der Waals surface area (Å²) >= 11 is 4.72. The predicted molar refractivity (Wildman–Crippen MR) is 88.2 cm³/mol. The van der Waals surface area contributed by atoms with Gasteiger partial charge in [-0.25, -0.2) is 4.98 Å². The normalized spacial score (nSPS) is 22.1. The zero-order chi connectivity index (χ0) is 15.7. The molecule has 1 aliphatic rings. The number of thiophene rings is 1. The Morgan fingerprint density at radius 3 is 3.18 bits per heavy atom. The third-order valence-corrected chi connectivity index (χ3v) is 5.38. The van der Waals surface area contributed by atoms with Crippen LogP contribution in [0.2, 0.25) is 0 Å². The molecule has 2 aromatic heterocycles. The molecule has 8 heteroatoms. The number of piperidine rings is 1. The van der Waals surface area contributed by atoms with Crippen molar-refractivity contribution < 1.29 is 9.90 Å². The van der Waals surface area contributed by atoms with Gasteiger partial charge in [0.15, 0.2) is 5.78 Å². The van der Waals surface area contributed by atoms with Crippen molar-refractivity contribution in [1.29, 1.82) is 0 Å². The maximum atomic E-state index is 12.3. The molecule has 0 aromatic carbocycles. The number of carbonyl (C=O) groups is 1. The van der Waals surface area contributed by atoms with Crippen molar-refractivity contribution in [2.75, 3.05) is 6.54 Å². The fraction of sp³-hybridized carbons (Fsp3) is 0.500. The monoisotopic (exact) mass is 385 g/mol. The van der Waals surface area contributed by atoms with Crippen molar-refractivity contribution in [3.8, 4) is 0 Å². The molecule has 2 N–H and O–H groups in total. The molecule has 6 nitrogen and oxygen atoms in total. The maximum Gasteiger partial charge on any atom is 0.262 e. The van der Waals surface area contributed by atoms with Crippen LogP contribution < -0.4 is 10.9 Å². The Balaban J connectivity index is 1.73. The Hall–Kier alpha value is -1.09. The highest BCUT2D eigenvalue weighted by Gasteiger charge is 2.25. The van der Waals surface area contributed by atoms with Crippen LogP contribution in [0.25, 0.3) is 10.2 Å². The van der Waals surface area contributed by atoms with E-state index in [1.807, 2.05) is 0 Å². The van der Waals surface area contributed by atoms with Crippen LogP contribution in [0.3, 0.4) is 0 Å². The number of aliphatic hydroxyl groups excluding tert-OH is 1. The van der Waals surface area contributed by atoms with E-state index in [0.29, 0.717) is 16.6 Å². The van der Waals surface area contributed by atoms with Crippen molar-refractivity contribution in [3.05, 3.63) is 26.5 Å². The van der Waals surface area contributed by atoms with Crippen LogP contribution in [0.1, 0.15) is 19.3 Å². The molecule has 0 aliphatic carbocycles. The molecule has 3 rings (SSSR count). The minimum atomic E-state index is -0.497. The van der Waals surface area contributed by atoms with Crippen LogP contribution in [-0.2, 0) is 11.3 Å². The molecule has 0 radical (unpaired) electrons. The summed E-state index contributed by atoms with van der Waals surface area (Å²) in [4.78, 5) is 29.4. The van der Waals surface area contributed by atoms with Gasteiger partial charge in [-0.3, -0.25) is 14.2 Å². The smallest absolute Gasteiger partial charge is 0.262 e. The topological polar surface area (TPSA) is 84.2 Å². The Morgan fingerprint density at radius 2 is 2.41 bits per heavy atom. The standard InChI is InChI=1S/C14H16BrN3O3S/c15-12-5-9-13(22-12)17-7-18(14(9)21)6-8(19)4-10-11(20)2-1-3-16-10/h5,7,10-11,16,20H,1-4,6H2. The summed E-state index contributed by atoms with van der Waals surface area (Å²) in [7, 11) is 0. The minimum Gasteiger partial charge on any atom is -0.391 e. The SMILES string of the molecule is O=C(CC1NCCCC1O)Cn1cnc2sc(Br)cc2c1=O. The average molecular weight is 386 g/mol. The number of carbonyl (C=O) groups excluding carboxylic acids is 1. The molecule has 2 aromatic rings. The zero-order valence-corrected chi connectivity index (χ0v) is 14.2. The number of halogens is 1. The van der Waals surface area contributed by atoms with E-state index in [1.165, 1.54) is 22.2 Å². The van der Waals surface area contributed by atoms with Crippen LogP contribution in [0.5, 0.6) is 0 Å². The van der Waals surface area contributed by atoms with Crippen LogP contribution in [0, 0.1) is 0 Å². The number of Topliss-reactive ketones (excluding diaryl/α,β-unsaturated/α-hetero) is 1. The summed E-state index contributed by atoms with van der Waals surface area (Å²) in [5.41, 5.74) is -0.211. The number of hydrogen-bond donors (Lipinski definition) is 2. The Morgan fingerprint density at radius 1 is 1.59 bits per heavy atom. The Kier molecular flexibility index (Phi) is 4.72. The van der Waals surface area contributed by atoms with Gasteiger partial charge in [0.25, 0.3) is 5.56 Å². The van der Waals surface area contributed by atoms with E-state index < -0.39 is 6.10 Å². The van der Waals surface area contributed by atoms with Gasteiger partial charge < -0.3 is 10.4 Å². The van der Waals surface area contributed by atoms with Crippen molar-refractivity contribution in [3.63, 3.8) is 0 Å². The van der Waals surface area contributed by atoms with Gasteiger partial charge in [0, 0.05) is 12.5 Å². The van der Waals surface area contributed by atoms with E-state index in [2.05, 4.69) is 26.2 Å². The van der Waals surface area contributed by atoms with Gasteiger partial charge in [-0.15, -0.1) is 11.3 Å². The lowest BCUT2D eigenvalue weighted by Crippen LogP contribution is -2.46. The lowest BCUT2D eigenvalue weighted by atomic mass is 9.97. The lowest BCUT2D eigenvalue weighted by Gasteiger charge is -2.28. The summed E-state index contributed by atoms with van der Waals surface area (Å²) in [5.74, 6) is -0.0870. The largest absolute Gasteiger partial charge is 0.391 e. The molecule has 118 valence electrons. The summed E-state index contributed by atoms with van der Waals surface area (Å²) in [6.07, 6.45) is 2.76. The predicted octanol–water partition coefficient (Wildman–Crippen LogP) is 1.29. The van der Waals surface area contributed by atoms with Crippen molar-refractivity contribution in [2.24, 2.45) is 0 Å². The van der Waals surface area contributed by atoms with Crippen molar-refractivity contribution in [2.45, 2.75) is 38.0 Å². The molecular weight excluding hydrogens is 370 g/mol. The first kappa shape index (κ1) is 15.8. The average Bonchev–Trinajstić information content (AvgIpc) is 2.86. The molecule has 0 saturated carbocycles. The summed E-state index contributed by atoms with van der Waals surface area (Å²) in [6, 6.07) is 1.51. The van der Waals surface area contributed by atoms with Crippen LogP contribution in [-0.4, -0.2) is 39.1 Å². The highest BCUT2D eigenvalue weighted by Crippen LogP contribution is 2.25. The molecule has 1 saturated heterocycles. The van der Waals surface area contributed by atoms with Gasteiger partial charge in [-0.2, -0.15) is 0 Å². The van der Waals surface area contributed by atoms with E-state index >= 15 is 0 Å². The van der Waals surface area contributed by atoms with Gasteiger partial charge in [0.05, 0.1) is 28.1 Å². The number of nitrogens with one attached hydrogen (secondary N) is 1. The number of aromatic nitrogens is 2. The third-order valence-electron chi connectivity index (χ3n) is 3.83. The van der Waals surface area contributed by atoms with Crippen molar-refractivity contribution >= 4 is 43.3 Å². The van der Waals surface area contributed by atoms with Crippen LogP contribution in [0.4, 0.5) is 0 Å². The second-order valence-electron chi connectivity index (χ2n) is 5.46. The molecule has 0 spiro atoms. The molecule has 1 fully saturated rings. The number of aliphatic hydroxyl groups is 1. The number of nitrogens with zero attached hydrogens (tertiary/aromatic N) is 2. The molecular formula is C14H16BrN3O3S. The number of ketones is 1. The van der Waals surface area contributed by atoms with Crippen LogP contribution >= 0.6 is 27.3 Å². The number of fused-ring (bicyclic) bond motifs is 1. The quantitative estimate of drug-likeness (QED) is 0.828. The first-order chi connectivity index (χ1) is 10.5. The first-order valence-electron chi connectivity index (χ1n) is 7.12. The van der Waals surface area contributed by atoms with Gasteiger partial charge in [-0.1, -0.05) is 0 Å². The van der Waals surface area contributed by atoms with Gasteiger partial charge in [0.2, 0.25) is 0 Å². The lowest BCUT2D eigenvalue weighted by molar-refractivity contribution is -0.121. The first-order valence-corrected chi connectivity index (χ1v) is 8.73. The second-order valence-corrected chi connectivity index (χ2v) is 7.87. The van der Waals surface area contributed by atoms with E-state index in [0.717, 1.165) is 16.8 Å². The Labute approximate surface area is 139 Å². The fourth-order valence-corrected chi connectivity index (χ4v) is 4.09. The van der Waals surface area contributed by atoms with E-state index in [9.17, 15) is 14.7 Å². The van der Waals surface area contributed by atoms with Crippen LogP contribution in [0.15, 0.2) is 21.0 Å². The number of rotatable bonds is 4. The molecule has 2 atom stereocenters. The zero-order valence-electron chi connectivity index (χ0n) is 11.8. The van der Waals surface area contributed by atoms with E-state index in [1.54, 1.807) is 6.07 Å². The Bertz CT molecular complexity index is 757. The van der Waals surface area contributed by atoms with Crippen molar-refractivity contribution in [1.82, 2.24) is 14.9 Å². The van der Waals surface area contributed by atoms with Gasteiger partial charge in [-0.05, 0) is 41.4 Å². The molecule has 22 heavy (non-hydrogen) atoms. The third kappa shape index (κ3) is 3.29. The minimum absolute atomic E-state index is 0.0138. The van der Waals surface area contributed by atoms with E-state index in [4.69, 9.17) is 0 Å². The number of hydrogen-bond acceptors (Lipinski definition) is 6. The molecule has 1 aliphatic heterocycles. The second kappa shape index (κ2) is 6.57. The van der Waals surface area contributed by atoms with Gasteiger partial charge in [0.1, 0.15) is 4.83 Å². The fourth-order valence-electron chi connectivity index (χ4n) is 2.69. The van der Waals surface area contributed by atoms with Gasteiger partial charge >= 0.3 is 0 Å². The summed E-state index contributed by atoms with van der Waals surface area (Å²) < 4.78 is 2.17. The molecule has 3 heterocycles. The molecule has 0 amide bonds. The highest BCUT2D eigenvalue weighted by molar-refractivity contribution is 9.11.